The average Bonchev–Trinajstić information content (AvgIpc) is 3.26. The highest BCUT2D eigenvalue weighted by atomic mass is 35.5. The Morgan fingerprint density at radius 3 is 2.58 bits per heavy atom. The Hall–Kier alpha value is -2.54. The highest BCUT2D eigenvalue weighted by Gasteiger charge is 2.13. The van der Waals surface area contributed by atoms with E-state index in [0.717, 1.165) is 25.3 Å². The van der Waals surface area contributed by atoms with Gasteiger partial charge in [0.1, 0.15) is 10.8 Å². The van der Waals surface area contributed by atoms with Crippen molar-refractivity contribution in [1.82, 2.24) is 14.7 Å². The summed E-state index contributed by atoms with van der Waals surface area (Å²) in [6.07, 6.45) is 5.56. The Labute approximate surface area is 191 Å². The summed E-state index contributed by atoms with van der Waals surface area (Å²) < 4.78 is 7.16. The van der Waals surface area contributed by atoms with Gasteiger partial charge in [-0.15, -0.1) is 0 Å². The van der Waals surface area contributed by atoms with E-state index in [-0.39, 0.29) is 12.6 Å². The number of aromatic nitrogens is 2. The van der Waals surface area contributed by atoms with Crippen LogP contribution in [0.15, 0.2) is 54.7 Å². The number of nitrogens with zero attached hydrogens (tertiary/aromatic N) is 3. The molecule has 0 atom stereocenters. The van der Waals surface area contributed by atoms with E-state index in [2.05, 4.69) is 27.4 Å². The molecule has 2 aromatic carbocycles. The first-order valence-corrected chi connectivity index (χ1v) is 11.1. The Morgan fingerprint density at radius 1 is 1.03 bits per heavy atom. The molecule has 0 unspecified atom stereocenters. The van der Waals surface area contributed by atoms with Crippen LogP contribution in [0.3, 0.4) is 0 Å². The van der Waals surface area contributed by atoms with Crippen LogP contribution < -0.4 is 10.1 Å². The number of halogens is 2. The molecule has 0 spiro atoms. The monoisotopic (exact) mass is 458 g/mol. The number of benzene rings is 2. The SMILES string of the molecule is O=C(Nc1ccc(CN2CCCCC2)cc1)c1ccn(COc2cccc(Cl)c2Cl)n1. The second-order valence-corrected chi connectivity index (χ2v) is 8.34. The molecular formula is C23H24Cl2N4O2. The third-order valence-electron chi connectivity index (χ3n) is 5.21. The van der Waals surface area contributed by atoms with Gasteiger partial charge in [-0.25, -0.2) is 4.68 Å². The van der Waals surface area contributed by atoms with Crippen LogP contribution in [0.5, 0.6) is 5.75 Å². The van der Waals surface area contributed by atoms with E-state index in [0.29, 0.717) is 21.5 Å². The summed E-state index contributed by atoms with van der Waals surface area (Å²) in [6.45, 7) is 3.39. The number of likely N-dealkylation sites (tertiary alicyclic amines) is 1. The van der Waals surface area contributed by atoms with Gasteiger partial charge in [-0.2, -0.15) is 5.10 Å². The maximum absolute atomic E-state index is 12.5. The van der Waals surface area contributed by atoms with Gasteiger partial charge in [0.05, 0.1) is 5.02 Å². The molecule has 3 aromatic rings. The number of nitrogens with one attached hydrogen (secondary N) is 1. The predicted octanol–water partition coefficient (Wildman–Crippen LogP) is 5.46. The highest BCUT2D eigenvalue weighted by Crippen LogP contribution is 2.31. The molecule has 1 saturated heterocycles. The van der Waals surface area contributed by atoms with Gasteiger partial charge in [0.15, 0.2) is 12.4 Å². The van der Waals surface area contributed by atoms with Crippen molar-refractivity contribution in [1.29, 1.82) is 0 Å². The molecule has 0 bridgehead atoms. The molecule has 1 fully saturated rings. The average molecular weight is 459 g/mol. The van der Waals surface area contributed by atoms with Crippen molar-refractivity contribution in [2.75, 3.05) is 18.4 Å². The summed E-state index contributed by atoms with van der Waals surface area (Å²) in [6, 6.07) is 14.8. The van der Waals surface area contributed by atoms with Crippen molar-refractivity contribution in [2.45, 2.75) is 32.5 Å². The summed E-state index contributed by atoms with van der Waals surface area (Å²) in [5, 5.41) is 7.91. The molecule has 0 saturated carbocycles. The minimum absolute atomic E-state index is 0.110. The summed E-state index contributed by atoms with van der Waals surface area (Å²) >= 11 is 12.1. The third-order valence-corrected chi connectivity index (χ3v) is 6.01. The molecular weight excluding hydrogens is 435 g/mol. The van der Waals surface area contributed by atoms with E-state index in [1.54, 1.807) is 30.5 Å². The molecule has 1 aliphatic heterocycles. The van der Waals surface area contributed by atoms with Crippen molar-refractivity contribution in [3.05, 3.63) is 76.0 Å². The zero-order valence-electron chi connectivity index (χ0n) is 17.1. The molecule has 4 rings (SSSR count). The molecule has 162 valence electrons. The van der Waals surface area contributed by atoms with E-state index in [1.165, 1.54) is 29.5 Å². The van der Waals surface area contributed by atoms with Crippen LogP contribution in [0, 0.1) is 0 Å². The Bertz CT molecular complexity index is 1030. The van der Waals surface area contributed by atoms with Crippen LogP contribution in [0.1, 0.15) is 35.3 Å². The number of ether oxygens (including phenoxy) is 1. The maximum atomic E-state index is 12.5. The number of carbonyl (C=O) groups excluding carboxylic acids is 1. The number of rotatable bonds is 7. The number of hydrogen-bond donors (Lipinski definition) is 1. The topological polar surface area (TPSA) is 59.4 Å². The predicted molar refractivity (Wildman–Crippen MR) is 123 cm³/mol. The van der Waals surface area contributed by atoms with Crippen molar-refractivity contribution < 1.29 is 9.53 Å². The smallest absolute Gasteiger partial charge is 0.276 e. The van der Waals surface area contributed by atoms with Gasteiger partial charge in [-0.1, -0.05) is 47.8 Å². The largest absolute Gasteiger partial charge is 0.470 e. The summed E-state index contributed by atoms with van der Waals surface area (Å²) in [5.74, 6) is 0.184. The van der Waals surface area contributed by atoms with Gasteiger partial charge >= 0.3 is 0 Å². The molecule has 0 radical (unpaired) electrons. The normalized spacial score (nSPS) is 14.4. The fourth-order valence-corrected chi connectivity index (χ4v) is 3.90. The zero-order chi connectivity index (χ0) is 21.6. The molecule has 6 nitrogen and oxygen atoms in total. The fraction of sp³-hybridized carbons (Fsp3) is 0.304. The summed E-state index contributed by atoms with van der Waals surface area (Å²) in [5.41, 5.74) is 2.29. The number of piperidine rings is 1. The molecule has 1 amide bonds. The number of anilines is 1. The summed E-state index contributed by atoms with van der Waals surface area (Å²) in [4.78, 5) is 15.0. The molecule has 2 heterocycles. The Balaban J connectivity index is 1.30. The lowest BCUT2D eigenvalue weighted by atomic mass is 10.1. The molecule has 1 aromatic heterocycles. The quantitative estimate of drug-likeness (QED) is 0.510. The second kappa shape index (κ2) is 10.2. The van der Waals surface area contributed by atoms with E-state index in [9.17, 15) is 4.79 Å². The molecule has 1 aliphatic rings. The van der Waals surface area contributed by atoms with Crippen LogP contribution in [0.4, 0.5) is 5.69 Å². The summed E-state index contributed by atoms with van der Waals surface area (Å²) in [7, 11) is 0. The van der Waals surface area contributed by atoms with Crippen LogP contribution in [-0.2, 0) is 13.3 Å². The number of hydrogen-bond acceptors (Lipinski definition) is 4. The minimum atomic E-state index is -0.275. The first-order chi connectivity index (χ1) is 15.1. The van der Waals surface area contributed by atoms with E-state index in [1.807, 2.05) is 12.1 Å². The fourth-order valence-electron chi connectivity index (χ4n) is 3.55. The molecule has 1 N–H and O–H groups in total. The van der Waals surface area contributed by atoms with Crippen LogP contribution in [-0.4, -0.2) is 33.7 Å². The molecule has 0 aliphatic carbocycles. The standard InChI is InChI=1S/C23H24Cl2N4O2/c24-19-5-4-6-21(22(19)25)31-16-29-14-11-20(27-29)23(30)26-18-9-7-17(8-10-18)15-28-12-2-1-3-13-28/h4-11,14H,1-3,12-13,15-16H2,(H,26,30). The van der Waals surface area contributed by atoms with Crippen LogP contribution in [0.25, 0.3) is 0 Å². The van der Waals surface area contributed by atoms with Crippen molar-refractivity contribution in [3.8, 4) is 5.75 Å². The van der Waals surface area contributed by atoms with Gasteiger partial charge < -0.3 is 10.1 Å². The molecule has 31 heavy (non-hydrogen) atoms. The highest BCUT2D eigenvalue weighted by molar-refractivity contribution is 6.42. The van der Waals surface area contributed by atoms with Gasteiger partial charge in [0.25, 0.3) is 5.91 Å². The van der Waals surface area contributed by atoms with Gasteiger partial charge in [0.2, 0.25) is 0 Å². The van der Waals surface area contributed by atoms with E-state index < -0.39 is 0 Å². The maximum Gasteiger partial charge on any atom is 0.276 e. The van der Waals surface area contributed by atoms with Gasteiger partial charge in [-0.3, -0.25) is 9.69 Å². The van der Waals surface area contributed by atoms with Crippen molar-refractivity contribution >= 4 is 34.8 Å². The van der Waals surface area contributed by atoms with Gasteiger partial charge in [0, 0.05) is 18.4 Å². The lowest BCUT2D eigenvalue weighted by molar-refractivity contribution is 0.102. The first-order valence-electron chi connectivity index (χ1n) is 10.3. The van der Waals surface area contributed by atoms with Crippen LogP contribution in [0.2, 0.25) is 10.0 Å². The van der Waals surface area contributed by atoms with E-state index in [4.69, 9.17) is 27.9 Å². The van der Waals surface area contributed by atoms with Crippen LogP contribution >= 0.6 is 23.2 Å². The third kappa shape index (κ3) is 5.79. The number of amides is 1. The minimum Gasteiger partial charge on any atom is -0.470 e. The number of carbonyl (C=O) groups is 1. The van der Waals surface area contributed by atoms with Crippen molar-refractivity contribution in [3.63, 3.8) is 0 Å². The zero-order valence-corrected chi connectivity index (χ0v) is 18.6. The first kappa shape index (κ1) is 21.7. The Morgan fingerprint density at radius 2 is 1.81 bits per heavy atom. The lowest BCUT2D eigenvalue weighted by Crippen LogP contribution is -2.29. The van der Waals surface area contributed by atoms with Gasteiger partial charge in [-0.05, 0) is 61.8 Å². The van der Waals surface area contributed by atoms with Crippen molar-refractivity contribution in [2.24, 2.45) is 0 Å². The molecule has 8 heteroatoms. The Kier molecular flexibility index (Phi) is 7.12. The lowest BCUT2D eigenvalue weighted by Gasteiger charge is -2.26. The second-order valence-electron chi connectivity index (χ2n) is 7.55. The van der Waals surface area contributed by atoms with E-state index >= 15 is 0 Å².